The van der Waals surface area contributed by atoms with Crippen molar-refractivity contribution < 1.29 is 23.9 Å². The molecule has 0 aromatic heterocycles. The van der Waals surface area contributed by atoms with Crippen molar-refractivity contribution in [3.8, 4) is 5.75 Å². The monoisotopic (exact) mass is 489 g/mol. The third kappa shape index (κ3) is 7.22. The quantitative estimate of drug-likeness (QED) is 0.435. The van der Waals surface area contributed by atoms with Crippen LogP contribution in [-0.4, -0.2) is 53.3 Å². The van der Waals surface area contributed by atoms with E-state index in [1.807, 2.05) is 12.3 Å². The van der Waals surface area contributed by atoms with Gasteiger partial charge in [-0.3, -0.25) is 14.4 Å². The van der Waals surface area contributed by atoms with Crippen LogP contribution in [0.2, 0.25) is 0 Å². The van der Waals surface area contributed by atoms with Gasteiger partial charge in [0.25, 0.3) is 5.91 Å². The number of nitrogens with one attached hydrogen (secondary N) is 3. The molecule has 0 spiro atoms. The highest BCUT2D eigenvalue weighted by atomic mass is 32.2. The molecule has 8 nitrogen and oxygen atoms in total. The predicted molar refractivity (Wildman–Crippen MR) is 132 cm³/mol. The maximum absolute atomic E-state index is 13.5. The van der Waals surface area contributed by atoms with Crippen LogP contribution in [0.3, 0.4) is 0 Å². The number of thioether (sulfide) groups is 1. The van der Waals surface area contributed by atoms with Gasteiger partial charge in [-0.15, -0.1) is 0 Å². The van der Waals surface area contributed by atoms with Gasteiger partial charge in [-0.05, 0) is 56.2 Å². The third-order valence-corrected chi connectivity index (χ3v) is 7.23. The minimum Gasteiger partial charge on any atom is -0.410 e. The summed E-state index contributed by atoms with van der Waals surface area (Å²) in [5, 5.41) is 8.40. The first-order chi connectivity index (χ1) is 16.4. The number of carbonyl (C=O) groups is 4. The van der Waals surface area contributed by atoms with Crippen LogP contribution in [0.15, 0.2) is 30.3 Å². The molecule has 9 heteroatoms. The fourth-order valence-electron chi connectivity index (χ4n) is 4.67. The molecule has 3 amide bonds. The van der Waals surface area contributed by atoms with Gasteiger partial charge in [-0.1, -0.05) is 50.3 Å². The van der Waals surface area contributed by atoms with Gasteiger partial charge in [0, 0.05) is 6.04 Å². The van der Waals surface area contributed by atoms with Gasteiger partial charge in [-0.25, -0.2) is 4.79 Å². The lowest BCUT2D eigenvalue weighted by Crippen LogP contribution is -2.63. The molecule has 0 radical (unpaired) electrons. The SMILES string of the molecule is CSCC[C@H](NC(=O)C1(NC(=O)Oc2ccccc2)CCCCC1)C(=O)C(=O)NC1CCCC1. The number of hydrogen-bond donors (Lipinski definition) is 3. The van der Waals surface area contributed by atoms with E-state index in [4.69, 9.17) is 4.74 Å². The first-order valence-electron chi connectivity index (χ1n) is 12.1. The Kier molecular flexibility index (Phi) is 9.80. The van der Waals surface area contributed by atoms with Crippen molar-refractivity contribution in [1.82, 2.24) is 16.0 Å². The van der Waals surface area contributed by atoms with Crippen LogP contribution < -0.4 is 20.7 Å². The molecule has 2 aliphatic rings. The van der Waals surface area contributed by atoms with Crippen molar-refractivity contribution in [2.24, 2.45) is 0 Å². The highest BCUT2D eigenvalue weighted by Gasteiger charge is 2.43. The normalized spacial score (nSPS) is 18.5. The molecule has 1 atom stereocenters. The van der Waals surface area contributed by atoms with Gasteiger partial charge >= 0.3 is 6.09 Å². The Morgan fingerprint density at radius 3 is 2.35 bits per heavy atom. The molecule has 186 valence electrons. The summed E-state index contributed by atoms with van der Waals surface area (Å²) < 4.78 is 5.36. The zero-order chi connectivity index (χ0) is 24.4. The Bertz CT molecular complexity index is 851. The number of amides is 3. The van der Waals surface area contributed by atoms with Crippen molar-refractivity contribution in [3.05, 3.63) is 30.3 Å². The second-order valence-electron chi connectivity index (χ2n) is 9.10. The van der Waals surface area contributed by atoms with Crippen LogP contribution in [-0.2, 0) is 14.4 Å². The summed E-state index contributed by atoms with van der Waals surface area (Å²) in [7, 11) is 0. The van der Waals surface area contributed by atoms with Gasteiger partial charge in [0.05, 0.1) is 6.04 Å². The largest absolute Gasteiger partial charge is 0.413 e. The highest BCUT2D eigenvalue weighted by molar-refractivity contribution is 7.98. The molecule has 0 saturated heterocycles. The average molecular weight is 490 g/mol. The number of hydrogen-bond acceptors (Lipinski definition) is 6. The number of para-hydroxylation sites is 1. The van der Waals surface area contributed by atoms with Crippen LogP contribution in [0.4, 0.5) is 4.79 Å². The summed E-state index contributed by atoms with van der Waals surface area (Å²) in [6, 6.07) is 7.73. The van der Waals surface area contributed by atoms with Crippen molar-refractivity contribution in [3.63, 3.8) is 0 Å². The van der Waals surface area contributed by atoms with E-state index in [1.165, 1.54) is 0 Å². The van der Waals surface area contributed by atoms with E-state index >= 15 is 0 Å². The van der Waals surface area contributed by atoms with Crippen LogP contribution in [0.25, 0.3) is 0 Å². The molecule has 3 N–H and O–H groups in total. The first-order valence-corrected chi connectivity index (χ1v) is 13.5. The first kappa shape index (κ1) is 26.1. The fourth-order valence-corrected chi connectivity index (χ4v) is 5.14. The van der Waals surface area contributed by atoms with E-state index in [-0.39, 0.29) is 6.04 Å². The van der Waals surface area contributed by atoms with E-state index in [9.17, 15) is 19.2 Å². The Morgan fingerprint density at radius 2 is 1.71 bits per heavy atom. The number of carbonyl (C=O) groups excluding carboxylic acids is 4. The molecule has 1 aromatic rings. The summed E-state index contributed by atoms with van der Waals surface area (Å²) >= 11 is 1.54. The number of benzene rings is 1. The second-order valence-corrected chi connectivity index (χ2v) is 10.1. The predicted octanol–water partition coefficient (Wildman–Crippen LogP) is 3.34. The molecule has 3 rings (SSSR count). The standard InChI is InChI=1S/C25H35N3O5S/c1-34-17-14-20(21(29)22(30)26-18-10-6-7-11-18)27-23(31)25(15-8-3-9-16-25)28-24(32)33-19-12-4-2-5-13-19/h2,4-5,12-13,18,20H,3,6-11,14-17H2,1H3,(H,26,30)(H,27,31)(H,28,32)/t20-/m0/s1. The lowest BCUT2D eigenvalue weighted by atomic mass is 9.80. The number of ether oxygens (including phenoxy) is 1. The van der Waals surface area contributed by atoms with E-state index in [1.54, 1.807) is 36.0 Å². The van der Waals surface area contributed by atoms with Gasteiger partial charge < -0.3 is 20.7 Å². The molecule has 1 aromatic carbocycles. The van der Waals surface area contributed by atoms with Crippen molar-refractivity contribution in [1.29, 1.82) is 0 Å². The minimum absolute atomic E-state index is 0.0208. The molecule has 0 aliphatic heterocycles. The maximum atomic E-state index is 13.5. The summed E-state index contributed by atoms with van der Waals surface area (Å²) in [6.07, 6.45) is 8.75. The zero-order valence-electron chi connectivity index (χ0n) is 19.8. The topological polar surface area (TPSA) is 114 Å². The highest BCUT2D eigenvalue weighted by Crippen LogP contribution is 2.29. The summed E-state index contributed by atoms with van der Waals surface area (Å²) in [6.45, 7) is 0. The molecule has 2 aliphatic carbocycles. The fraction of sp³-hybridized carbons (Fsp3) is 0.600. The third-order valence-electron chi connectivity index (χ3n) is 6.58. The Balaban J connectivity index is 1.69. The Morgan fingerprint density at radius 1 is 1.03 bits per heavy atom. The molecule has 2 fully saturated rings. The number of ketones is 1. The number of rotatable bonds is 10. The lowest BCUT2D eigenvalue weighted by Gasteiger charge is -2.37. The van der Waals surface area contributed by atoms with E-state index in [0.717, 1.165) is 44.9 Å². The van der Waals surface area contributed by atoms with E-state index < -0.39 is 35.3 Å². The van der Waals surface area contributed by atoms with Crippen molar-refractivity contribution >= 4 is 35.5 Å². The molecule has 0 unspecified atom stereocenters. The number of Topliss-reactive ketones (excluding diaryl/α,β-unsaturated/α-hetero) is 1. The molecule has 0 bridgehead atoms. The Labute approximate surface area is 205 Å². The van der Waals surface area contributed by atoms with Gasteiger partial charge in [-0.2, -0.15) is 11.8 Å². The molecule has 2 saturated carbocycles. The average Bonchev–Trinajstić information content (AvgIpc) is 3.35. The minimum atomic E-state index is -1.18. The second kappa shape index (κ2) is 12.8. The van der Waals surface area contributed by atoms with Crippen LogP contribution in [0.1, 0.15) is 64.2 Å². The van der Waals surface area contributed by atoms with Crippen LogP contribution in [0.5, 0.6) is 5.75 Å². The zero-order valence-corrected chi connectivity index (χ0v) is 20.6. The smallest absolute Gasteiger partial charge is 0.410 e. The van der Waals surface area contributed by atoms with Gasteiger partial charge in [0.1, 0.15) is 11.3 Å². The summed E-state index contributed by atoms with van der Waals surface area (Å²) in [5.74, 6) is -0.725. The van der Waals surface area contributed by atoms with Crippen LogP contribution in [0, 0.1) is 0 Å². The summed E-state index contributed by atoms with van der Waals surface area (Å²) in [5.41, 5.74) is -1.18. The molecule has 34 heavy (non-hydrogen) atoms. The Hall–Kier alpha value is -2.55. The van der Waals surface area contributed by atoms with Gasteiger partial charge in [0.15, 0.2) is 0 Å². The molecular weight excluding hydrogens is 454 g/mol. The molecular formula is C25H35N3O5S. The van der Waals surface area contributed by atoms with Crippen molar-refractivity contribution in [2.75, 3.05) is 12.0 Å². The van der Waals surface area contributed by atoms with Crippen molar-refractivity contribution in [2.45, 2.75) is 81.8 Å². The molecule has 0 heterocycles. The maximum Gasteiger partial charge on any atom is 0.413 e. The summed E-state index contributed by atoms with van der Waals surface area (Å²) in [4.78, 5) is 51.7. The van der Waals surface area contributed by atoms with Crippen LogP contribution >= 0.6 is 11.8 Å². The van der Waals surface area contributed by atoms with Gasteiger partial charge in [0.2, 0.25) is 11.7 Å². The van der Waals surface area contributed by atoms with E-state index in [2.05, 4.69) is 16.0 Å². The lowest BCUT2D eigenvalue weighted by molar-refractivity contribution is -0.141. The van der Waals surface area contributed by atoms with E-state index in [0.29, 0.717) is 30.8 Å².